The highest BCUT2D eigenvalue weighted by molar-refractivity contribution is 14.1. The first-order valence-electron chi connectivity index (χ1n) is 7.22. The fraction of sp³-hybridized carbons (Fsp3) is 0.312. The summed E-state index contributed by atoms with van der Waals surface area (Å²) in [5.41, 5.74) is 0.791. The number of nitrogens with one attached hydrogen (secondary N) is 1. The molecule has 0 radical (unpaired) electrons. The lowest BCUT2D eigenvalue weighted by molar-refractivity contribution is -0.131. The van der Waals surface area contributed by atoms with Gasteiger partial charge in [0.15, 0.2) is 0 Å². The van der Waals surface area contributed by atoms with Gasteiger partial charge in [-0.25, -0.2) is 4.79 Å². The summed E-state index contributed by atoms with van der Waals surface area (Å²) in [6, 6.07) is 6.80. The standard InChI is InChI=1S/C16H15IN2O3/c17-11-5-3-4-10(8-11)9-13-14(20)18-16(22)19(15(13)21)12-6-1-2-7-12/h3-5,8-9,12H,1-2,6-7H2,(H,18,20,22)/b13-9+. The molecule has 4 amide bonds. The van der Waals surface area contributed by atoms with Crippen LogP contribution in [0.25, 0.3) is 6.08 Å². The molecule has 1 aliphatic heterocycles. The summed E-state index contributed by atoms with van der Waals surface area (Å²) in [5, 5.41) is 2.28. The highest BCUT2D eigenvalue weighted by Gasteiger charge is 2.40. The van der Waals surface area contributed by atoms with Gasteiger partial charge in [0, 0.05) is 9.61 Å². The van der Waals surface area contributed by atoms with Crippen molar-refractivity contribution in [2.24, 2.45) is 0 Å². The molecule has 0 atom stereocenters. The quantitative estimate of drug-likeness (QED) is 0.463. The minimum absolute atomic E-state index is 0.0218. The highest BCUT2D eigenvalue weighted by Crippen LogP contribution is 2.27. The maximum atomic E-state index is 12.6. The Morgan fingerprint density at radius 1 is 1.18 bits per heavy atom. The van der Waals surface area contributed by atoms with Gasteiger partial charge in [0.05, 0.1) is 0 Å². The van der Waals surface area contributed by atoms with E-state index in [2.05, 4.69) is 27.9 Å². The molecule has 3 rings (SSSR count). The van der Waals surface area contributed by atoms with E-state index in [9.17, 15) is 14.4 Å². The predicted molar refractivity (Wildman–Crippen MR) is 89.8 cm³/mol. The fourth-order valence-corrected chi connectivity index (χ4v) is 3.50. The second-order valence-corrected chi connectivity index (χ2v) is 6.73. The summed E-state index contributed by atoms with van der Waals surface area (Å²) in [4.78, 5) is 37.8. The fourth-order valence-electron chi connectivity index (χ4n) is 2.93. The van der Waals surface area contributed by atoms with Crippen LogP contribution in [0.2, 0.25) is 0 Å². The Balaban J connectivity index is 1.94. The predicted octanol–water partition coefficient (Wildman–Crippen LogP) is 2.70. The molecule has 1 N–H and O–H groups in total. The van der Waals surface area contributed by atoms with Gasteiger partial charge in [-0.3, -0.25) is 19.8 Å². The Hall–Kier alpha value is -1.70. The maximum absolute atomic E-state index is 12.6. The van der Waals surface area contributed by atoms with Gasteiger partial charge in [-0.15, -0.1) is 0 Å². The van der Waals surface area contributed by atoms with E-state index in [1.54, 1.807) is 6.08 Å². The van der Waals surface area contributed by atoms with Crippen LogP contribution in [0, 0.1) is 3.57 Å². The number of carbonyl (C=O) groups excluding carboxylic acids is 3. The van der Waals surface area contributed by atoms with Crippen molar-refractivity contribution in [1.29, 1.82) is 0 Å². The number of halogens is 1. The highest BCUT2D eigenvalue weighted by atomic mass is 127. The summed E-state index contributed by atoms with van der Waals surface area (Å²) in [5.74, 6) is -1.11. The maximum Gasteiger partial charge on any atom is 0.331 e. The van der Waals surface area contributed by atoms with Gasteiger partial charge < -0.3 is 0 Å². The summed E-state index contributed by atoms with van der Waals surface area (Å²) in [7, 11) is 0. The third-order valence-electron chi connectivity index (χ3n) is 3.98. The van der Waals surface area contributed by atoms with Crippen molar-refractivity contribution in [2.75, 3.05) is 0 Å². The number of hydrogen-bond donors (Lipinski definition) is 1. The first kappa shape index (κ1) is 15.2. The number of carbonyl (C=O) groups is 3. The summed E-state index contributed by atoms with van der Waals surface area (Å²) in [6.45, 7) is 0. The van der Waals surface area contributed by atoms with Crippen LogP contribution in [-0.2, 0) is 9.59 Å². The Morgan fingerprint density at radius 2 is 1.91 bits per heavy atom. The molecule has 1 aromatic carbocycles. The molecule has 1 heterocycles. The average molecular weight is 410 g/mol. The number of benzene rings is 1. The van der Waals surface area contributed by atoms with Crippen molar-refractivity contribution in [3.05, 3.63) is 39.0 Å². The molecule has 2 aliphatic rings. The van der Waals surface area contributed by atoms with E-state index in [0.717, 1.165) is 34.8 Å². The van der Waals surface area contributed by atoms with Gasteiger partial charge in [-0.05, 0) is 59.2 Å². The Kier molecular flexibility index (Phi) is 4.28. The first-order chi connectivity index (χ1) is 10.6. The number of barbiturate groups is 1. The second-order valence-electron chi connectivity index (χ2n) is 5.49. The lowest BCUT2D eigenvalue weighted by Crippen LogP contribution is -2.57. The van der Waals surface area contributed by atoms with E-state index in [-0.39, 0.29) is 11.6 Å². The van der Waals surface area contributed by atoms with Crippen molar-refractivity contribution >= 4 is 46.5 Å². The van der Waals surface area contributed by atoms with Crippen LogP contribution in [0.4, 0.5) is 4.79 Å². The molecule has 1 aromatic rings. The van der Waals surface area contributed by atoms with E-state index in [0.29, 0.717) is 0 Å². The van der Waals surface area contributed by atoms with Crippen LogP contribution in [0.3, 0.4) is 0 Å². The summed E-state index contributed by atoms with van der Waals surface area (Å²) in [6.07, 6.45) is 5.18. The van der Waals surface area contributed by atoms with Gasteiger partial charge in [0.2, 0.25) is 0 Å². The third-order valence-corrected chi connectivity index (χ3v) is 4.65. The van der Waals surface area contributed by atoms with Gasteiger partial charge in [-0.1, -0.05) is 25.0 Å². The van der Waals surface area contributed by atoms with E-state index >= 15 is 0 Å². The van der Waals surface area contributed by atoms with Crippen molar-refractivity contribution in [1.82, 2.24) is 10.2 Å². The lowest BCUT2D eigenvalue weighted by atomic mass is 10.1. The second kappa shape index (κ2) is 6.20. The number of nitrogens with zero attached hydrogens (tertiary/aromatic N) is 1. The molecule has 0 bridgehead atoms. The average Bonchev–Trinajstić information content (AvgIpc) is 2.97. The SMILES string of the molecule is O=C1NC(=O)N(C2CCCC2)C(=O)/C1=C/c1cccc(I)c1. The van der Waals surface area contributed by atoms with E-state index in [1.807, 2.05) is 24.3 Å². The van der Waals surface area contributed by atoms with E-state index in [1.165, 1.54) is 4.90 Å². The van der Waals surface area contributed by atoms with Crippen LogP contribution in [0.15, 0.2) is 29.8 Å². The van der Waals surface area contributed by atoms with Crippen LogP contribution >= 0.6 is 22.6 Å². The molecule has 5 nitrogen and oxygen atoms in total. The molecule has 0 spiro atoms. The van der Waals surface area contributed by atoms with E-state index < -0.39 is 17.8 Å². The normalized spacial score (nSPS) is 21.6. The zero-order valence-electron chi connectivity index (χ0n) is 11.8. The zero-order chi connectivity index (χ0) is 15.7. The number of imide groups is 2. The molecule has 114 valence electrons. The summed E-state index contributed by atoms with van der Waals surface area (Å²) >= 11 is 2.17. The zero-order valence-corrected chi connectivity index (χ0v) is 14.0. The van der Waals surface area contributed by atoms with Crippen molar-refractivity contribution < 1.29 is 14.4 Å². The van der Waals surface area contributed by atoms with Gasteiger partial charge in [0.1, 0.15) is 5.57 Å². The van der Waals surface area contributed by atoms with Gasteiger partial charge in [-0.2, -0.15) is 0 Å². The minimum atomic E-state index is -0.622. The van der Waals surface area contributed by atoms with E-state index in [4.69, 9.17) is 0 Å². The lowest BCUT2D eigenvalue weighted by Gasteiger charge is -2.31. The van der Waals surface area contributed by atoms with Crippen LogP contribution in [-0.4, -0.2) is 28.8 Å². The smallest absolute Gasteiger partial charge is 0.273 e. The molecular weight excluding hydrogens is 395 g/mol. The number of hydrogen-bond acceptors (Lipinski definition) is 3. The van der Waals surface area contributed by atoms with Crippen molar-refractivity contribution in [3.63, 3.8) is 0 Å². The molecule has 2 fully saturated rings. The van der Waals surface area contributed by atoms with Crippen LogP contribution < -0.4 is 5.32 Å². The third kappa shape index (κ3) is 2.92. The summed E-state index contributed by atoms with van der Waals surface area (Å²) < 4.78 is 1.01. The molecule has 6 heteroatoms. The van der Waals surface area contributed by atoms with Gasteiger partial charge in [0.25, 0.3) is 11.8 Å². The number of rotatable bonds is 2. The topological polar surface area (TPSA) is 66.5 Å². The Bertz CT molecular complexity index is 678. The molecule has 22 heavy (non-hydrogen) atoms. The first-order valence-corrected chi connectivity index (χ1v) is 8.30. The van der Waals surface area contributed by atoms with Crippen molar-refractivity contribution in [2.45, 2.75) is 31.7 Å². The molecule has 1 saturated carbocycles. The van der Waals surface area contributed by atoms with Crippen LogP contribution in [0.1, 0.15) is 31.2 Å². The van der Waals surface area contributed by atoms with Crippen molar-refractivity contribution in [3.8, 4) is 0 Å². The van der Waals surface area contributed by atoms with Crippen LogP contribution in [0.5, 0.6) is 0 Å². The number of amides is 4. The minimum Gasteiger partial charge on any atom is -0.273 e. The van der Waals surface area contributed by atoms with Gasteiger partial charge >= 0.3 is 6.03 Å². The Labute approximate surface area is 141 Å². The molecule has 1 saturated heterocycles. The number of urea groups is 1. The molecular formula is C16H15IN2O3. The largest absolute Gasteiger partial charge is 0.331 e. The molecule has 0 aromatic heterocycles. The Morgan fingerprint density at radius 3 is 2.59 bits per heavy atom. The monoisotopic (exact) mass is 410 g/mol. The molecule has 0 unspecified atom stereocenters. The molecule has 1 aliphatic carbocycles.